The number of carbonyl (C=O) groups excluding carboxylic acids is 1. The van der Waals surface area contributed by atoms with Gasteiger partial charge in [-0.3, -0.25) is 4.79 Å². The summed E-state index contributed by atoms with van der Waals surface area (Å²) in [5.74, 6) is -0.265. The number of nitriles is 1. The van der Waals surface area contributed by atoms with Crippen LogP contribution in [-0.4, -0.2) is 18.6 Å². The van der Waals surface area contributed by atoms with Crippen LogP contribution in [0.2, 0.25) is 0 Å². The molecule has 0 heterocycles. The highest BCUT2D eigenvalue weighted by Crippen LogP contribution is 2.00. The van der Waals surface area contributed by atoms with Gasteiger partial charge in [0.1, 0.15) is 6.61 Å². The second-order valence-corrected chi connectivity index (χ2v) is 4.10. The largest absolute Gasteiger partial charge is 0.465 e. The number of ether oxygens (including phenoxy) is 1. The normalized spacial score (nSPS) is 11.6. The van der Waals surface area contributed by atoms with Gasteiger partial charge in [-0.2, -0.15) is 5.26 Å². The van der Waals surface area contributed by atoms with Crippen molar-refractivity contribution in [1.29, 1.82) is 5.26 Å². The van der Waals surface area contributed by atoms with Crippen LogP contribution in [0.25, 0.3) is 0 Å². The van der Waals surface area contributed by atoms with E-state index in [-0.39, 0.29) is 25.0 Å². The van der Waals surface area contributed by atoms with Crippen molar-refractivity contribution in [2.75, 3.05) is 6.61 Å². The van der Waals surface area contributed by atoms with Crippen molar-refractivity contribution in [1.82, 2.24) is 5.32 Å². The van der Waals surface area contributed by atoms with Gasteiger partial charge in [-0.05, 0) is 12.5 Å². The van der Waals surface area contributed by atoms with Crippen LogP contribution in [0.15, 0.2) is 30.3 Å². The van der Waals surface area contributed by atoms with Gasteiger partial charge in [0.05, 0.1) is 18.9 Å². The Morgan fingerprint density at radius 3 is 2.83 bits per heavy atom. The lowest BCUT2D eigenvalue weighted by Crippen LogP contribution is -2.28. The molecule has 1 atom stereocenters. The number of carbonyl (C=O) groups is 1. The van der Waals surface area contributed by atoms with Gasteiger partial charge >= 0.3 is 5.97 Å². The molecule has 0 radical (unpaired) electrons. The molecule has 0 aliphatic rings. The summed E-state index contributed by atoms with van der Waals surface area (Å²) in [6.45, 7) is 2.85. The summed E-state index contributed by atoms with van der Waals surface area (Å²) in [7, 11) is 0. The molecule has 1 unspecified atom stereocenters. The lowest BCUT2D eigenvalue weighted by Gasteiger charge is -2.13. The molecule has 0 saturated carbocycles. The predicted octanol–water partition coefficient (Wildman–Crippen LogP) is 2.01. The quantitative estimate of drug-likeness (QED) is 0.590. The van der Waals surface area contributed by atoms with E-state index in [2.05, 4.69) is 5.32 Å². The minimum absolute atomic E-state index is 0.0554. The van der Waals surface area contributed by atoms with Gasteiger partial charge in [-0.25, -0.2) is 0 Å². The molecular formula is C14H18N2O2. The number of hydrogen-bond donors (Lipinski definition) is 1. The summed E-state index contributed by atoms with van der Waals surface area (Å²) in [4.78, 5) is 11.4. The number of hydrogen-bond acceptors (Lipinski definition) is 4. The average Bonchev–Trinajstić information content (AvgIpc) is 2.38. The van der Waals surface area contributed by atoms with Gasteiger partial charge in [0.25, 0.3) is 0 Å². The summed E-state index contributed by atoms with van der Waals surface area (Å²) in [5.41, 5.74) is 1.18. The maximum atomic E-state index is 11.4. The second-order valence-electron chi connectivity index (χ2n) is 4.10. The van der Waals surface area contributed by atoms with Crippen LogP contribution in [-0.2, 0) is 16.1 Å². The molecule has 0 amide bonds. The van der Waals surface area contributed by atoms with Gasteiger partial charge in [0.15, 0.2) is 0 Å². The van der Waals surface area contributed by atoms with Crippen LogP contribution in [0, 0.1) is 11.3 Å². The molecule has 1 N–H and O–H groups in total. The zero-order valence-corrected chi connectivity index (χ0v) is 10.6. The van der Waals surface area contributed by atoms with E-state index < -0.39 is 0 Å². The first-order chi connectivity index (χ1) is 8.72. The Morgan fingerprint density at radius 1 is 1.44 bits per heavy atom. The number of esters is 1. The van der Waals surface area contributed by atoms with Crippen LogP contribution >= 0.6 is 0 Å². The Bertz CT molecular complexity index is 398. The standard InChI is InChI=1S/C14H18N2O2/c1-12(10-14(17)18-9-5-8-15)16-11-13-6-3-2-4-7-13/h2-4,6-7,12,16H,5,9-11H2,1H3. The highest BCUT2D eigenvalue weighted by Gasteiger charge is 2.09. The molecule has 0 bridgehead atoms. The van der Waals surface area contributed by atoms with E-state index in [0.717, 1.165) is 6.54 Å². The first-order valence-corrected chi connectivity index (χ1v) is 6.02. The number of rotatable bonds is 7. The maximum absolute atomic E-state index is 11.4. The summed E-state index contributed by atoms with van der Waals surface area (Å²) in [6, 6.07) is 12.0. The first-order valence-electron chi connectivity index (χ1n) is 6.02. The minimum Gasteiger partial charge on any atom is -0.465 e. The van der Waals surface area contributed by atoms with Gasteiger partial charge in [-0.15, -0.1) is 0 Å². The van der Waals surface area contributed by atoms with Crippen LogP contribution in [0.3, 0.4) is 0 Å². The molecule has 0 spiro atoms. The van der Waals surface area contributed by atoms with E-state index in [9.17, 15) is 4.79 Å². The van der Waals surface area contributed by atoms with Crippen molar-refractivity contribution in [3.05, 3.63) is 35.9 Å². The molecule has 1 rings (SSSR count). The van der Waals surface area contributed by atoms with Crippen LogP contribution in [0.4, 0.5) is 0 Å². The second kappa shape index (κ2) is 8.26. The predicted molar refractivity (Wildman–Crippen MR) is 68.5 cm³/mol. The summed E-state index contributed by atoms with van der Waals surface area (Å²) in [6.07, 6.45) is 0.565. The Balaban J connectivity index is 2.19. The Labute approximate surface area is 108 Å². The van der Waals surface area contributed by atoms with E-state index in [0.29, 0.717) is 6.42 Å². The number of nitrogens with one attached hydrogen (secondary N) is 1. The lowest BCUT2D eigenvalue weighted by atomic mass is 10.2. The van der Waals surface area contributed by atoms with Gasteiger partial charge in [0.2, 0.25) is 0 Å². The van der Waals surface area contributed by atoms with Gasteiger partial charge < -0.3 is 10.1 Å². The molecular weight excluding hydrogens is 228 g/mol. The smallest absolute Gasteiger partial charge is 0.307 e. The fourth-order valence-electron chi connectivity index (χ4n) is 1.48. The van der Waals surface area contributed by atoms with E-state index >= 15 is 0 Å². The molecule has 0 aliphatic heterocycles. The molecule has 1 aromatic carbocycles. The number of benzene rings is 1. The topological polar surface area (TPSA) is 62.1 Å². The molecule has 0 saturated heterocycles. The molecule has 0 aromatic heterocycles. The Morgan fingerprint density at radius 2 is 2.17 bits per heavy atom. The fraction of sp³-hybridized carbons (Fsp3) is 0.429. The van der Waals surface area contributed by atoms with Crippen LogP contribution < -0.4 is 5.32 Å². The van der Waals surface area contributed by atoms with Crippen LogP contribution in [0.5, 0.6) is 0 Å². The van der Waals surface area contributed by atoms with Crippen molar-refractivity contribution in [2.24, 2.45) is 0 Å². The van der Waals surface area contributed by atoms with Gasteiger partial charge in [0, 0.05) is 12.6 Å². The first kappa shape index (κ1) is 14.2. The van der Waals surface area contributed by atoms with E-state index in [1.54, 1.807) is 0 Å². The summed E-state index contributed by atoms with van der Waals surface area (Å²) in [5, 5.41) is 11.6. The third kappa shape index (κ3) is 6.02. The zero-order chi connectivity index (χ0) is 13.2. The van der Waals surface area contributed by atoms with E-state index in [4.69, 9.17) is 10.00 Å². The third-order valence-electron chi connectivity index (χ3n) is 2.45. The Hall–Kier alpha value is -1.86. The monoisotopic (exact) mass is 246 g/mol. The molecule has 4 nitrogen and oxygen atoms in total. The third-order valence-corrected chi connectivity index (χ3v) is 2.45. The summed E-state index contributed by atoms with van der Waals surface area (Å²) < 4.78 is 4.90. The van der Waals surface area contributed by atoms with Crippen molar-refractivity contribution >= 4 is 5.97 Å². The van der Waals surface area contributed by atoms with Crippen molar-refractivity contribution in [3.63, 3.8) is 0 Å². The highest BCUT2D eigenvalue weighted by molar-refractivity contribution is 5.70. The number of nitrogens with zero attached hydrogens (tertiary/aromatic N) is 1. The molecule has 4 heteroatoms. The SMILES string of the molecule is CC(CC(=O)OCCC#N)NCc1ccccc1. The van der Waals surface area contributed by atoms with E-state index in [1.807, 2.05) is 43.3 Å². The minimum atomic E-state index is -0.265. The zero-order valence-electron chi connectivity index (χ0n) is 10.6. The van der Waals surface area contributed by atoms with Crippen molar-refractivity contribution < 1.29 is 9.53 Å². The van der Waals surface area contributed by atoms with E-state index in [1.165, 1.54) is 5.56 Å². The highest BCUT2D eigenvalue weighted by atomic mass is 16.5. The molecule has 0 fully saturated rings. The molecule has 96 valence electrons. The summed E-state index contributed by atoms with van der Waals surface area (Å²) >= 11 is 0. The van der Waals surface area contributed by atoms with Crippen molar-refractivity contribution in [3.8, 4) is 6.07 Å². The lowest BCUT2D eigenvalue weighted by molar-refractivity contribution is -0.143. The molecule has 18 heavy (non-hydrogen) atoms. The van der Waals surface area contributed by atoms with Crippen LogP contribution in [0.1, 0.15) is 25.3 Å². The molecule has 0 aliphatic carbocycles. The molecule has 1 aromatic rings. The van der Waals surface area contributed by atoms with Gasteiger partial charge in [-0.1, -0.05) is 30.3 Å². The average molecular weight is 246 g/mol. The fourth-order valence-corrected chi connectivity index (χ4v) is 1.48. The Kier molecular flexibility index (Phi) is 6.52. The van der Waals surface area contributed by atoms with Crippen molar-refractivity contribution in [2.45, 2.75) is 32.4 Å². The maximum Gasteiger partial charge on any atom is 0.307 e.